The topological polar surface area (TPSA) is 90.6 Å². The predicted molar refractivity (Wildman–Crippen MR) is 95.0 cm³/mol. The van der Waals surface area contributed by atoms with Crippen LogP contribution in [-0.4, -0.2) is 53.3 Å². The van der Waals surface area contributed by atoms with Gasteiger partial charge in [-0.05, 0) is 12.1 Å². The fourth-order valence-corrected chi connectivity index (χ4v) is 3.49. The lowest BCUT2D eigenvalue weighted by atomic mass is 10.1. The van der Waals surface area contributed by atoms with E-state index in [1.807, 2.05) is 24.3 Å². The Morgan fingerprint density at radius 3 is 3.15 bits per heavy atom. The molecular formula is C18H21N5O3. The van der Waals surface area contributed by atoms with Crippen LogP contribution in [0, 0.1) is 0 Å². The lowest BCUT2D eigenvalue weighted by Crippen LogP contribution is -2.47. The smallest absolute Gasteiger partial charge is 0.318 e. The van der Waals surface area contributed by atoms with Gasteiger partial charge in [0.15, 0.2) is 0 Å². The van der Waals surface area contributed by atoms with E-state index in [4.69, 9.17) is 4.74 Å². The number of ether oxygens (including phenoxy) is 1. The third-order valence-corrected chi connectivity index (χ3v) is 4.91. The number of hydrogen-bond donors (Lipinski definition) is 2. The molecule has 2 N–H and O–H groups in total. The van der Waals surface area contributed by atoms with E-state index in [-0.39, 0.29) is 18.0 Å². The van der Waals surface area contributed by atoms with Crippen LogP contribution < -0.4 is 15.0 Å². The zero-order chi connectivity index (χ0) is 18.1. The highest BCUT2D eigenvalue weighted by molar-refractivity contribution is 5.97. The first kappa shape index (κ1) is 16.4. The van der Waals surface area contributed by atoms with E-state index in [1.54, 1.807) is 23.1 Å². The van der Waals surface area contributed by atoms with Crippen LogP contribution in [0.2, 0.25) is 0 Å². The molecule has 0 bridgehead atoms. The number of fused-ring (bicyclic) bond motifs is 1. The van der Waals surface area contributed by atoms with Crippen molar-refractivity contribution in [3.05, 3.63) is 41.7 Å². The number of carbonyl (C=O) groups is 2. The monoisotopic (exact) mass is 355 g/mol. The zero-order valence-corrected chi connectivity index (χ0v) is 14.6. The van der Waals surface area contributed by atoms with Crippen molar-refractivity contribution in [3.8, 4) is 5.75 Å². The lowest BCUT2D eigenvalue weighted by Gasteiger charge is -2.28. The van der Waals surface area contributed by atoms with Crippen molar-refractivity contribution in [1.82, 2.24) is 20.4 Å². The average molecular weight is 355 g/mol. The summed E-state index contributed by atoms with van der Waals surface area (Å²) in [5.74, 6) is 0.700. The number of carbonyl (C=O) groups excluding carboxylic acids is 2. The number of nitrogens with one attached hydrogen (secondary N) is 2. The molecule has 2 aliphatic heterocycles. The number of H-pyrrole nitrogens is 1. The van der Waals surface area contributed by atoms with Crippen LogP contribution in [-0.2, 0) is 17.8 Å². The molecule has 1 aromatic heterocycles. The molecule has 0 spiro atoms. The van der Waals surface area contributed by atoms with Gasteiger partial charge in [0, 0.05) is 48.9 Å². The Kier molecular flexibility index (Phi) is 4.24. The number of anilines is 1. The molecule has 1 fully saturated rings. The summed E-state index contributed by atoms with van der Waals surface area (Å²) in [6.07, 6.45) is 2.83. The number of rotatable bonds is 3. The predicted octanol–water partition coefficient (Wildman–Crippen LogP) is 1.29. The molecule has 8 nitrogen and oxygen atoms in total. The Morgan fingerprint density at radius 2 is 2.31 bits per heavy atom. The van der Waals surface area contributed by atoms with E-state index >= 15 is 0 Å². The second-order valence-corrected chi connectivity index (χ2v) is 6.60. The SMILES string of the molecule is COc1cccc(N2C[C@H](NC(=O)N3CCc4[nH]ncc4C3)CC2=O)c1. The van der Waals surface area contributed by atoms with Crippen LogP contribution in [0.5, 0.6) is 5.75 Å². The maximum absolute atomic E-state index is 12.6. The molecule has 0 radical (unpaired) electrons. The van der Waals surface area contributed by atoms with Gasteiger partial charge in [-0.1, -0.05) is 6.07 Å². The van der Waals surface area contributed by atoms with Crippen LogP contribution in [0.15, 0.2) is 30.5 Å². The fraction of sp³-hybridized carbons (Fsp3) is 0.389. The van der Waals surface area contributed by atoms with Gasteiger partial charge in [0.25, 0.3) is 0 Å². The van der Waals surface area contributed by atoms with Gasteiger partial charge in [0.2, 0.25) is 5.91 Å². The van der Waals surface area contributed by atoms with Crippen LogP contribution >= 0.6 is 0 Å². The van der Waals surface area contributed by atoms with Crippen molar-refractivity contribution in [2.75, 3.05) is 25.1 Å². The summed E-state index contributed by atoms with van der Waals surface area (Å²) in [5, 5.41) is 9.98. The van der Waals surface area contributed by atoms with Gasteiger partial charge in [-0.25, -0.2) is 4.79 Å². The van der Waals surface area contributed by atoms with E-state index in [1.165, 1.54) is 0 Å². The van der Waals surface area contributed by atoms with E-state index in [2.05, 4.69) is 15.5 Å². The molecule has 1 atom stereocenters. The van der Waals surface area contributed by atoms with Crippen LogP contribution in [0.3, 0.4) is 0 Å². The number of urea groups is 1. The molecule has 3 heterocycles. The standard InChI is InChI=1S/C18H21N5O3/c1-26-15-4-2-3-14(8-15)23-11-13(7-17(23)24)20-18(25)22-6-5-16-12(10-22)9-19-21-16/h2-4,8-9,13H,5-7,10-11H2,1H3,(H,19,21)(H,20,25)/t13-/m1/s1. The Bertz CT molecular complexity index is 834. The molecule has 0 saturated carbocycles. The second-order valence-electron chi connectivity index (χ2n) is 6.60. The molecule has 1 aromatic carbocycles. The Balaban J connectivity index is 1.39. The Morgan fingerprint density at radius 1 is 1.42 bits per heavy atom. The summed E-state index contributed by atoms with van der Waals surface area (Å²) in [6.45, 7) is 1.64. The molecule has 3 amide bonds. The number of methoxy groups -OCH3 is 1. The zero-order valence-electron chi connectivity index (χ0n) is 14.6. The molecule has 4 rings (SSSR count). The van der Waals surface area contributed by atoms with Crippen molar-refractivity contribution in [2.45, 2.75) is 25.4 Å². The number of aromatic amines is 1. The summed E-state index contributed by atoms with van der Waals surface area (Å²) in [7, 11) is 1.60. The minimum absolute atomic E-state index is 0.000631. The second kappa shape index (κ2) is 6.70. The Labute approximate surface area is 151 Å². The van der Waals surface area contributed by atoms with Crippen molar-refractivity contribution < 1.29 is 14.3 Å². The van der Waals surface area contributed by atoms with Crippen molar-refractivity contribution in [3.63, 3.8) is 0 Å². The normalized spacial score (nSPS) is 19.4. The highest BCUT2D eigenvalue weighted by Crippen LogP contribution is 2.25. The van der Waals surface area contributed by atoms with Gasteiger partial charge in [0.05, 0.1) is 25.9 Å². The fourth-order valence-electron chi connectivity index (χ4n) is 3.49. The first-order chi connectivity index (χ1) is 12.6. The van der Waals surface area contributed by atoms with Crippen molar-refractivity contribution in [2.24, 2.45) is 0 Å². The molecule has 2 aromatic rings. The van der Waals surface area contributed by atoms with Gasteiger partial charge in [-0.15, -0.1) is 0 Å². The number of amides is 3. The molecular weight excluding hydrogens is 334 g/mol. The first-order valence-electron chi connectivity index (χ1n) is 8.65. The van der Waals surface area contributed by atoms with E-state index in [0.717, 1.165) is 23.4 Å². The lowest BCUT2D eigenvalue weighted by molar-refractivity contribution is -0.117. The highest BCUT2D eigenvalue weighted by atomic mass is 16.5. The highest BCUT2D eigenvalue weighted by Gasteiger charge is 2.33. The number of hydrogen-bond acceptors (Lipinski definition) is 4. The first-order valence-corrected chi connectivity index (χ1v) is 8.65. The third kappa shape index (κ3) is 3.10. The molecule has 26 heavy (non-hydrogen) atoms. The summed E-state index contributed by atoms with van der Waals surface area (Å²) in [4.78, 5) is 28.4. The van der Waals surface area contributed by atoms with E-state index in [9.17, 15) is 9.59 Å². The largest absolute Gasteiger partial charge is 0.497 e. The summed E-state index contributed by atoms with van der Waals surface area (Å²) in [5.41, 5.74) is 2.92. The van der Waals surface area contributed by atoms with Crippen LogP contribution in [0.25, 0.3) is 0 Å². The van der Waals surface area contributed by atoms with E-state index in [0.29, 0.717) is 31.8 Å². The summed E-state index contributed by atoms with van der Waals surface area (Å²) >= 11 is 0. The van der Waals surface area contributed by atoms with Gasteiger partial charge < -0.3 is 19.9 Å². The number of nitrogens with zero attached hydrogens (tertiary/aromatic N) is 3. The quantitative estimate of drug-likeness (QED) is 0.868. The number of benzene rings is 1. The maximum atomic E-state index is 12.6. The molecule has 2 aliphatic rings. The molecule has 136 valence electrons. The minimum Gasteiger partial charge on any atom is -0.497 e. The van der Waals surface area contributed by atoms with Gasteiger partial charge in [-0.3, -0.25) is 9.89 Å². The maximum Gasteiger partial charge on any atom is 0.318 e. The van der Waals surface area contributed by atoms with E-state index < -0.39 is 0 Å². The summed E-state index contributed by atoms with van der Waals surface area (Å²) < 4.78 is 5.22. The molecule has 1 saturated heterocycles. The average Bonchev–Trinajstić information content (AvgIpc) is 3.27. The van der Waals surface area contributed by atoms with Crippen molar-refractivity contribution >= 4 is 17.6 Å². The summed E-state index contributed by atoms with van der Waals surface area (Å²) in [6, 6.07) is 7.05. The van der Waals surface area contributed by atoms with Crippen LogP contribution in [0.4, 0.5) is 10.5 Å². The van der Waals surface area contributed by atoms with Gasteiger partial charge in [0.1, 0.15) is 5.75 Å². The van der Waals surface area contributed by atoms with Crippen molar-refractivity contribution in [1.29, 1.82) is 0 Å². The molecule has 8 heteroatoms. The van der Waals surface area contributed by atoms with Crippen LogP contribution in [0.1, 0.15) is 17.7 Å². The van der Waals surface area contributed by atoms with Gasteiger partial charge in [-0.2, -0.15) is 5.10 Å². The third-order valence-electron chi connectivity index (χ3n) is 4.91. The Hall–Kier alpha value is -3.03. The molecule has 0 aliphatic carbocycles. The van der Waals surface area contributed by atoms with Gasteiger partial charge >= 0.3 is 6.03 Å². The minimum atomic E-state index is -0.202. The number of aromatic nitrogens is 2. The molecule has 0 unspecified atom stereocenters.